The summed E-state index contributed by atoms with van der Waals surface area (Å²) in [6, 6.07) is 23.6. The molecule has 1 amide bonds. The second-order valence-corrected chi connectivity index (χ2v) is 12.0. The fraction of sp³-hybridized carbons (Fsp3) is 0.353. The lowest BCUT2D eigenvalue weighted by molar-refractivity contribution is -0.129. The highest BCUT2D eigenvalue weighted by Gasteiger charge is 2.25. The summed E-state index contributed by atoms with van der Waals surface area (Å²) in [6.07, 6.45) is 4.10. The van der Waals surface area contributed by atoms with Crippen LogP contribution in [0.3, 0.4) is 0 Å². The minimum Gasteiger partial charge on any atom is -0.492 e. The zero-order chi connectivity index (χ0) is 28.2. The Morgan fingerprint density at radius 3 is 2.32 bits per heavy atom. The number of benzene rings is 3. The molecule has 0 spiro atoms. The van der Waals surface area contributed by atoms with Crippen molar-refractivity contribution in [1.29, 1.82) is 0 Å². The van der Waals surface area contributed by atoms with Crippen molar-refractivity contribution in [2.24, 2.45) is 0 Å². The number of carbonyl (C=O) groups is 2. The summed E-state index contributed by atoms with van der Waals surface area (Å²) in [6.45, 7) is 7.20. The van der Waals surface area contributed by atoms with E-state index < -0.39 is 0 Å². The molecule has 3 heterocycles. The van der Waals surface area contributed by atoms with Gasteiger partial charge in [0.15, 0.2) is 5.78 Å². The highest BCUT2D eigenvalue weighted by Crippen LogP contribution is 2.40. The van der Waals surface area contributed by atoms with Crippen LogP contribution >= 0.6 is 11.3 Å². The first-order valence-corrected chi connectivity index (χ1v) is 15.4. The summed E-state index contributed by atoms with van der Waals surface area (Å²) in [4.78, 5) is 31.2. The van der Waals surface area contributed by atoms with Crippen LogP contribution in [0.2, 0.25) is 0 Å². The molecule has 4 aromatic rings. The lowest BCUT2D eigenvalue weighted by Crippen LogP contribution is -2.38. The number of ketones is 1. The monoisotopic (exact) mass is 568 g/mol. The maximum Gasteiger partial charge on any atom is 0.222 e. The number of hydrogen-bond acceptors (Lipinski definition) is 6. The number of thiophene rings is 1. The Morgan fingerprint density at radius 2 is 1.59 bits per heavy atom. The van der Waals surface area contributed by atoms with Gasteiger partial charge in [-0.15, -0.1) is 11.3 Å². The molecule has 212 valence electrons. The van der Waals surface area contributed by atoms with Gasteiger partial charge in [-0.05, 0) is 99.4 Å². The van der Waals surface area contributed by atoms with Gasteiger partial charge in [-0.1, -0.05) is 18.2 Å². The number of nitrogens with zero attached hydrogens (tertiary/aromatic N) is 2. The fourth-order valence-corrected chi connectivity index (χ4v) is 6.97. The quantitative estimate of drug-likeness (QED) is 0.189. The predicted octanol–water partition coefficient (Wildman–Crippen LogP) is 6.66. The van der Waals surface area contributed by atoms with Crippen LogP contribution in [0.25, 0.3) is 20.5 Å². The lowest BCUT2D eigenvalue weighted by Gasteiger charge is -2.24. The SMILES string of the molecule is C[C@H](COc1ccc(C(=O)c2c(-c3ccc(OCCN4CCCC4)cc3)sc3ccccc23)cc1)N1CCCC1=O. The first-order valence-electron chi connectivity index (χ1n) is 14.6. The number of amides is 1. The van der Waals surface area contributed by atoms with Crippen molar-refractivity contribution in [3.05, 3.63) is 83.9 Å². The summed E-state index contributed by atoms with van der Waals surface area (Å²) in [5.41, 5.74) is 2.35. The Labute approximate surface area is 245 Å². The molecule has 6 nitrogen and oxygen atoms in total. The summed E-state index contributed by atoms with van der Waals surface area (Å²) >= 11 is 1.64. The first kappa shape index (κ1) is 27.5. The van der Waals surface area contributed by atoms with E-state index in [2.05, 4.69) is 23.1 Å². The van der Waals surface area contributed by atoms with Crippen molar-refractivity contribution in [3.8, 4) is 21.9 Å². The van der Waals surface area contributed by atoms with Gasteiger partial charge in [0.05, 0.1) is 6.04 Å². The van der Waals surface area contributed by atoms with Crippen LogP contribution in [0, 0.1) is 0 Å². The topological polar surface area (TPSA) is 59.1 Å². The molecule has 7 heteroatoms. The average molecular weight is 569 g/mol. The zero-order valence-corrected chi connectivity index (χ0v) is 24.3. The molecule has 2 saturated heterocycles. The first-order chi connectivity index (χ1) is 20.1. The number of carbonyl (C=O) groups excluding carboxylic acids is 2. The van der Waals surface area contributed by atoms with Crippen LogP contribution in [0.1, 0.15) is 48.5 Å². The molecule has 1 aromatic heterocycles. The standard InChI is InChI=1S/C34H36N2O4S/c1-24(36-20-6-9-31(36)37)23-40-28-14-10-25(11-15-28)33(38)32-29-7-2-3-8-30(29)41-34(32)26-12-16-27(17-13-26)39-22-21-35-18-4-5-19-35/h2-3,7-8,10-17,24H,4-6,9,18-23H2,1H3/t24-/m1/s1. The molecule has 0 bridgehead atoms. The number of rotatable bonds is 11. The largest absolute Gasteiger partial charge is 0.492 e. The second-order valence-electron chi connectivity index (χ2n) is 10.9. The number of ether oxygens (including phenoxy) is 2. The third-order valence-electron chi connectivity index (χ3n) is 8.06. The molecule has 2 aliphatic heterocycles. The molecular weight excluding hydrogens is 532 g/mol. The minimum atomic E-state index is -0.00836. The van der Waals surface area contributed by atoms with Gasteiger partial charge >= 0.3 is 0 Å². The van der Waals surface area contributed by atoms with Gasteiger partial charge in [0, 0.05) is 45.6 Å². The van der Waals surface area contributed by atoms with Gasteiger partial charge in [0.2, 0.25) is 5.91 Å². The molecule has 6 rings (SSSR count). The Morgan fingerprint density at radius 1 is 0.878 bits per heavy atom. The van der Waals surface area contributed by atoms with Gasteiger partial charge < -0.3 is 14.4 Å². The van der Waals surface area contributed by atoms with E-state index in [9.17, 15) is 9.59 Å². The molecule has 0 unspecified atom stereocenters. The van der Waals surface area contributed by atoms with Crippen molar-refractivity contribution in [2.45, 2.75) is 38.6 Å². The predicted molar refractivity (Wildman–Crippen MR) is 164 cm³/mol. The van der Waals surface area contributed by atoms with E-state index in [0.717, 1.165) is 51.4 Å². The van der Waals surface area contributed by atoms with E-state index in [1.165, 1.54) is 25.9 Å². The Hall–Kier alpha value is -3.68. The molecule has 0 radical (unpaired) electrons. The molecule has 0 aliphatic carbocycles. The van der Waals surface area contributed by atoms with Gasteiger partial charge in [-0.3, -0.25) is 14.5 Å². The molecular formula is C34H36N2O4S. The van der Waals surface area contributed by atoms with Crippen LogP contribution < -0.4 is 9.47 Å². The van der Waals surface area contributed by atoms with E-state index in [4.69, 9.17) is 9.47 Å². The van der Waals surface area contributed by atoms with Crippen LogP contribution in [-0.2, 0) is 4.79 Å². The number of hydrogen-bond donors (Lipinski definition) is 0. The zero-order valence-electron chi connectivity index (χ0n) is 23.5. The number of likely N-dealkylation sites (tertiary alicyclic amines) is 2. The molecule has 0 saturated carbocycles. The van der Waals surface area contributed by atoms with Crippen LogP contribution in [0.15, 0.2) is 72.8 Å². The van der Waals surface area contributed by atoms with Gasteiger partial charge in [0.25, 0.3) is 0 Å². The van der Waals surface area contributed by atoms with Crippen LogP contribution in [0.5, 0.6) is 11.5 Å². The Kier molecular flexibility index (Phi) is 8.35. The van der Waals surface area contributed by atoms with Gasteiger partial charge in [-0.25, -0.2) is 0 Å². The minimum absolute atomic E-state index is 0.00836. The molecule has 1 atom stereocenters. The summed E-state index contributed by atoms with van der Waals surface area (Å²) in [5, 5.41) is 0.966. The van der Waals surface area contributed by atoms with E-state index in [1.54, 1.807) is 11.3 Å². The summed E-state index contributed by atoms with van der Waals surface area (Å²) in [5.74, 6) is 1.73. The molecule has 2 aliphatic rings. The number of fused-ring (bicyclic) bond motifs is 1. The highest BCUT2D eigenvalue weighted by molar-refractivity contribution is 7.22. The second kappa shape index (κ2) is 12.5. The van der Waals surface area contributed by atoms with E-state index in [0.29, 0.717) is 30.9 Å². The molecule has 3 aromatic carbocycles. The van der Waals surface area contributed by atoms with Crippen LogP contribution in [0.4, 0.5) is 0 Å². The molecule has 2 fully saturated rings. The summed E-state index contributed by atoms with van der Waals surface area (Å²) in [7, 11) is 0. The average Bonchev–Trinajstić information content (AvgIpc) is 3.76. The fourth-order valence-electron chi connectivity index (χ4n) is 5.76. The van der Waals surface area contributed by atoms with E-state index >= 15 is 0 Å². The van der Waals surface area contributed by atoms with Crippen LogP contribution in [-0.4, -0.2) is 66.9 Å². The van der Waals surface area contributed by atoms with Crippen molar-refractivity contribution in [1.82, 2.24) is 9.80 Å². The Balaban J connectivity index is 1.17. The van der Waals surface area contributed by atoms with E-state index in [1.807, 2.05) is 66.4 Å². The van der Waals surface area contributed by atoms with Gasteiger partial charge in [-0.2, -0.15) is 0 Å². The van der Waals surface area contributed by atoms with E-state index in [-0.39, 0.29) is 17.7 Å². The van der Waals surface area contributed by atoms with Crippen molar-refractivity contribution in [2.75, 3.05) is 39.4 Å². The smallest absolute Gasteiger partial charge is 0.222 e. The maximum atomic E-state index is 13.9. The molecule has 0 N–H and O–H groups in total. The van der Waals surface area contributed by atoms with Gasteiger partial charge in [0.1, 0.15) is 24.7 Å². The molecule has 41 heavy (non-hydrogen) atoms. The third kappa shape index (κ3) is 6.16. The Bertz CT molecular complexity index is 1510. The van der Waals surface area contributed by atoms with Crippen molar-refractivity contribution < 1.29 is 19.1 Å². The normalized spacial score (nSPS) is 16.4. The third-order valence-corrected chi connectivity index (χ3v) is 9.28. The maximum absolute atomic E-state index is 13.9. The van der Waals surface area contributed by atoms with Crippen molar-refractivity contribution >= 4 is 33.1 Å². The summed E-state index contributed by atoms with van der Waals surface area (Å²) < 4.78 is 13.1. The lowest BCUT2D eigenvalue weighted by atomic mass is 9.97. The van der Waals surface area contributed by atoms with Crippen molar-refractivity contribution in [3.63, 3.8) is 0 Å². The highest BCUT2D eigenvalue weighted by atomic mass is 32.1.